The average Bonchev–Trinajstić information content (AvgIpc) is 2.97. The zero-order chi connectivity index (χ0) is 14.8. The summed E-state index contributed by atoms with van der Waals surface area (Å²) in [7, 11) is 1.58. The summed E-state index contributed by atoms with van der Waals surface area (Å²) in [5.41, 5.74) is 1.56. The molecule has 21 heavy (non-hydrogen) atoms. The standard InChI is InChI=1S/C15H16N4O2/c1-3-18-9-16-7-11(18)8-19-10-17-14-5-4-12(21-2)6-13(14)15(19)20/h4-7,9-10H,3,8H2,1-2H3. The van der Waals surface area contributed by atoms with Crippen molar-refractivity contribution in [1.82, 2.24) is 19.1 Å². The fraction of sp³-hybridized carbons (Fsp3) is 0.267. The Labute approximate surface area is 121 Å². The molecule has 3 aromatic rings. The fourth-order valence-electron chi connectivity index (χ4n) is 2.32. The Bertz CT molecular complexity index is 835. The van der Waals surface area contributed by atoms with Crippen LogP contribution in [0, 0.1) is 0 Å². The van der Waals surface area contributed by atoms with Crippen LogP contribution >= 0.6 is 0 Å². The highest BCUT2D eigenvalue weighted by atomic mass is 16.5. The Balaban J connectivity index is 2.07. The molecule has 3 rings (SSSR count). The molecule has 0 amide bonds. The van der Waals surface area contributed by atoms with Gasteiger partial charge in [-0.1, -0.05) is 0 Å². The van der Waals surface area contributed by atoms with Crippen molar-refractivity contribution in [3.05, 3.63) is 53.1 Å². The molecule has 0 bridgehead atoms. The minimum atomic E-state index is -0.0808. The first-order valence-corrected chi connectivity index (χ1v) is 6.75. The summed E-state index contributed by atoms with van der Waals surface area (Å²) in [5.74, 6) is 0.651. The second-order valence-electron chi connectivity index (χ2n) is 4.73. The van der Waals surface area contributed by atoms with Crippen LogP contribution in [0.1, 0.15) is 12.6 Å². The summed E-state index contributed by atoms with van der Waals surface area (Å²) in [6.45, 7) is 3.31. The third-order valence-electron chi connectivity index (χ3n) is 3.50. The number of aromatic nitrogens is 4. The maximum atomic E-state index is 12.6. The summed E-state index contributed by atoms with van der Waals surface area (Å²) in [4.78, 5) is 21.0. The first kappa shape index (κ1) is 13.4. The number of hydrogen-bond acceptors (Lipinski definition) is 4. The zero-order valence-corrected chi connectivity index (χ0v) is 12.0. The molecular weight excluding hydrogens is 268 g/mol. The van der Waals surface area contributed by atoms with Crippen molar-refractivity contribution in [3.63, 3.8) is 0 Å². The van der Waals surface area contributed by atoms with Gasteiger partial charge in [-0.15, -0.1) is 0 Å². The molecule has 108 valence electrons. The molecule has 2 aromatic heterocycles. The lowest BCUT2D eigenvalue weighted by Gasteiger charge is -2.09. The molecule has 0 aliphatic carbocycles. The van der Waals surface area contributed by atoms with Crippen molar-refractivity contribution in [2.75, 3.05) is 7.11 Å². The summed E-state index contributed by atoms with van der Waals surface area (Å²) in [5, 5.41) is 0.555. The second kappa shape index (κ2) is 5.40. The molecule has 0 N–H and O–H groups in total. The maximum absolute atomic E-state index is 12.6. The van der Waals surface area contributed by atoms with Crippen LogP contribution in [0.2, 0.25) is 0 Å². The van der Waals surface area contributed by atoms with Gasteiger partial charge in [-0.05, 0) is 25.1 Å². The first-order chi connectivity index (χ1) is 10.2. The van der Waals surface area contributed by atoms with Crippen LogP contribution in [0.25, 0.3) is 10.9 Å². The lowest BCUT2D eigenvalue weighted by Crippen LogP contribution is -2.22. The van der Waals surface area contributed by atoms with E-state index in [0.717, 1.165) is 12.2 Å². The largest absolute Gasteiger partial charge is 0.497 e. The van der Waals surface area contributed by atoms with E-state index in [1.165, 1.54) is 0 Å². The Hall–Kier alpha value is -2.63. The second-order valence-corrected chi connectivity index (χ2v) is 4.73. The average molecular weight is 284 g/mol. The SMILES string of the molecule is CCn1cncc1Cn1cnc2ccc(OC)cc2c1=O. The Morgan fingerprint density at radius 1 is 1.24 bits per heavy atom. The zero-order valence-electron chi connectivity index (χ0n) is 12.0. The number of imidazole rings is 1. The van der Waals surface area contributed by atoms with Crippen LogP contribution in [-0.2, 0) is 13.1 Å². The van der Waals surface area contributed by atoms with Gasteiger partial charge >= 0.3 is 0 Å². The van der Waals surface area contributed by atoms with Crippen LogP contribution in [0.15, 0.2) is 41.8 Å². The van der Waals surface area contributed by atoms with Crippen molar-refractivity contribution in [3.8, 4) is 5.75 Å². The van der Waals surface area contributed by atoms with Gasteiger partial charge in [-0.25, -0.2) is 9.97 Å². The van der Waals surface area contributed by atoms with Crippen LogP contribution in [-0.4, -0.2) is 26.2 Å². The summed E-state index contributed by atoms with van der Waals surface area (Å²) < 4.78 is 8.76. The third kappa shape index (κ3) is 2.40. The first-order valence-electron chi connectivity index (χ1n) is 6.75. The highest BCUT2D eigenvalue weighted by Crippen LogP contribution is 2.16. The molecule has 6 heteroatoms. The smallest absolute Gasteiger partial charge is 0.261 e. The van der Waals surface area contributed by atoms with Gasteiger partial charge in [0.05, 0.1) is 42.9 Å². The predicted octanol–water partition coefficient (Wildman–Crippen LogP) is 1.67. The number of benzene rings is 1. The third-order valence-corrected chi connectivity index (χ3v) is 3.50. The highest BCUT2D eigenvalue weighted by molar-refractivity contribution is 5.78. The Morgan fingerprint density at radius 3 is 2.86 bits per heavy atom. The van der Waals surface area contributed by atoms with E-state index in [4.69, 9.17) is 4.74 Å². The van der Waals surface area contributed by atoms with Crippen LogP contribution < -0.4 is 10.3 Å². The van der Waals surface area contributed by atoms with Gasteiger partial charge in [0.15, 0.2) is 0 Å². The van der Waals surface area contributed by atoms with Crippen LogP contribution in [0.5, 0.6) is 5.75 Å². The van der Waals surface area contributed by atoms with E-state index in [0.29, 0.717) is 23.2 Å². The van der Waals surface area contributed by atoms with Gasteiger partial charge in [0.2, 0.25) is 0 Å². The molecule has 0 unspecified atom stereocenters. The van der Waals surface area contributed by atoms with E-state index >= 15 is 0 Å². The van der Waals surface area contributed by atoms with Crippen molar-refractivity contribution in [1.29, 1.82) is 0 Å². The molecule has 0 saturated carbocycles. The van der Waals surface area contributed by atoms with Gasteiger partial charge in [-0.3, -0.25) is 9.36 Å². The van der Waals surface area contributed by atoms with Gasteiger partial charge < -0.3 is 9.30 Å². The molecule has 0 radical (unpaired) electrons. The van der Waals surface area contributed by atoms with Crippen molar-refractivity contribution >= 4 is 10.9 Å². The van der Waals surface area contributed by atoms with Crippen LogP contribution in [0.3, 0.4) is 0 Å². The van der Waals surface area contributed by atoms with Crippen LogP contribution in [0.4, 0.5) is 0 Å². The van der Waals surface area contributed by atoms with E-state index in [1.807, 2.05) is 11.5 Å². The van der Waals surface area contributed by atoms with Crippen molar-refractivity contribution in [2.24, 2.45) is 0 Å². The number of fused-ring (bicyclic) bond motifs is 1. The topological polar surface area (TPSA) is 61.9 Å². The van der Waals surface area contributed by atoms with Gasteiger partial charge in [-0.2, -0.15) is 0 Å². The number of ether oxygens (including phenoxy) is 1. The molecule has 0 atom stereocenters. The number of aryl methyl sites for hydroxylation is 1. The van der Waals surface area contributed by atoms with Gasteiger partial charge in [0, 0.05) is 12.7 Å². The summed E-state index contributed by atoms with van der Waals surface area (Å²) in [6, 6.07) is 5.31. The Morgan fingerprint density at radius 2 is 2.10 bits per heavy atom. The normalized spacial score (nSPS) is 11.0. The number of methoxy groups -OCH3 is 1. The maximum Gasteiger partial charge on any atom is 0.261 e. The van der Waals surface area contributed by atoms with Gasteiger partial charge in [0.25, 0.3) is 5.56 Å². The molecule has 0 saturated heterocycles. The monoisotopic (exact) mass is 284 g/mol. The number of nitrogens with zero attached hydrogens (tertiary/aromatic N) is 4. The molecule has 0 aliphatic rings. The molecule has 6 nitrogen and oxygen atoms in total. The minimum Gasteiger partial charge on any atom is -0.497 e. The lowest BCUT2D eigenvalue weighted by molar-refractivity contribution is 0.415. The summed E-state index contributed by atoms with van der Waals surface area (Å²) >= 11 is 0. The quantitative estimate of drug-likeness (QED) is 0.731. The molecule has 2 heterocycles. The van der Waals surface area contributed by atoms with E-state index in [2.05, 4.69) is 9.97 Å². The van der Waals surface area contributed by atoms with Crippen molar-refractivity contribution in [2.45, 2.75) is 20.0 Å². The lowest BCUT2D eigenvalue weighted by atomic mass is 10.2. The van der Waals surface area contributed by atoms with Gasteiger partial charge in [0.1, 0.15) is 5.75 Å². The van der Waals surface area contributed by atoms with E-state index in [9.17, 15) is 4.79 Å². The predicted molar refractivity (Wildman–Crippen MR) is 79.6 cm³/mol. The molecular formula is C15H16N4O2. The molecule has 1 aromatic carbocycles. The van der Waals surface area contributed by atoms with E-state index in [1.54, 1.807) is 48.7 Å². The van der Waals surface area contributed by atoms with E-state index in [-0.39, 0.29) is 5.56 Å². The molecule has 0 fully saturated rings. The number of hydrogen-bond donors (Lipinski definition) is 0. The summed E-state index contributed by atoms with van der Waals surface area (Å²) in [6.07, 6.45) is 5.10. The fourth-order valence-corrected chi connectivity index (χ4v) is 2.32. The minimum absolute atomic E-state index is 0.0808. The molecule has 0 spiro atoms. The van der Waals surface area contributed by atoms with Crippen molar-refractivity contribution < 1.29 is 4.74 Å². The Kier molecular flexibility index (Phi) is 3.43. The molecule has 0 aliphatic heterocycles. The number of rotatable bonds is 4. The highest BCUT2D eigenvalue weighted by Gasteiger charge is 2.08. The van der Waals surface area contributed by atoms with E-state index < -0.39 is 0 Å².